The molecule has 1 aromatic rings. The molecule has 16 heavy (non-hydrogen) atoms. The van der Waals surface area contributed by atoms with Gasteiger partial charge in [0.25, 0.3) is 0 Å². The minimum absolute atomic E-state index is 0.208. The van der Waals surface area contributed by atoms with Crippen LogP contribution in [-0.2, 0) is 4.74 Å². The maximum absolute atomic E-state index is 9.05. The summed E-state index contributed by atoms with van der Waals surface area (Å²) in [7, 11) is 1.64. The molecule has 84 valence electrons. The van der Waals surface area contributed by atoms with E-state index >= 15 is 0 Å². The van der Waals surface area contributed by atoms with Gasteiger partial charge in [-0.1, -0.05) is 6.07 Å². The molecule has 0 radical (unpaired) electrons. The molecule has 0 amide bonds. The first-order valence-electron chi connectivity index (χ1n) is 5.23. The van der Waals surface area contributed by atoms with Gasteiger partial charge in [-0.15, -0.1) is 0 Å². The van der Waals surface area contributed by atoms with Crippen molar-refractivity contribution in [3.8, 4) is 11.8 Å². The number of morpholine rings is 1. The Kier molecular flexibility index (Phi) is 3.28. The molecule has 1 aliphatic rings. The minimum Gasteiger partial charge on any atom is -0.497 e. The van der Waals surface area contributed by atoms with Crippen molar-refractivity contribution in [2.45, 2.75) is 6.04 Å². The molecular weight excluding hydrogens is 204 g/mol. The first-order chi connectivity index (χ1) is 7.85. The van der Waals surface area contributed by atoms with E-state index in [9.17, 15) is 0 Å². The Bertz CT molecular complexity index is 400. The molecule has 0 spiro atoms. The van der Waals surface area contributed by atoms with Crippen LogP contribution in [0.3, 0.4) is 0 Å². The van der Waals surface area contributed by atoms with Crippen molar-refractivity contribution in [1.29, 1.82) is 5.26 Å². The SMILES string of the molecule is COc1cccc(N2CCOCC2C#N)c1. The standard InChI is InChI=1S/C12H14N2O2/c1-15-12-4-2-3-10(7-12)14-5-6-16-9-11(14)8-13/h2-4,7,11H,5-6,9H2,1H3. The Morgan fingerprint density at radius 2 is 2.44 bits per heavy atom. The molecule has 4 nitrogen and oxygen atoms in total. The second-order valence-corrected chi connectivity index (χ2v) is 3.61. The van der Waals surface area contributed by atoms with Crippen LogP contribution in [0.5, 0.6) is 5.75 Å². The number of anilines is 1. The molecule has 0 aromatic heterocycles. The molecule has 1 fully saturated rings. The Balaban J connectivity index is 2.24. The highest BCUT2D eigenvalue weighted by Crippen LogP contribution is 2.23. The van der Waals surface area contributed by atoms with Gasteiger partial charge in [0.15, 0.2) is 0 Å². The first-order valence-corrected chi connectivity index (χ1v) is 5.23. The molecule has 1 heterocycles. The van der Waals surface area contributed by atoms with Crippen LogP contribution < -0.4 is 9.64 Å². The summed E-state index contributed by atoms with van der Waals surface area (Å²) in [5, 5.41) is 9.05. The normalized spacial score (nSPS) is 20.2. The van der Waals surface area contributed by atoms with Crippen molar-refractivity contribution in [3.63, 3.8) is 0 Å². The van der Waals surface area contributed by atoms with Gasteiger partial charge >= 0.3 is 0 Å². The zero-order valence-electron chi connectivity index (χ0n) is 9.22. The molecule has 1 saturated heterocycles. The van der Waals surface area contributed by atoms with E-state index in [-0.39, 0.29) is 6.04 Å². The molecule has 0 aliphatic carbocycles. The summed E-state index contributed by atoms with van der Waals surface area (Å²) >= 11 is 0. The highest BCUT2D eigenvalue weighted by molar-refractivity contribution is 5.53. The lowest BCUT2D eigenvalue weighted by molar-refractivity contribution is 0.107. The summed E-state index contributed by atoms with van der Waals surface area (Å²) < 4.78 is 10.5. The minimum atomic E-state index is -0.208. The topological polar surface area (TPSA) is 45.5 Å². The Labute approximate surface area is 95.0 Å². The van der Waals surface area contributed by atoms with Gasteiger partial charge in [-0.3, -0.25) is 0 Å². The number of hydrogen-bond donors (Lipinski definition) is 0. The molecular formula is C12H14N2O2. The highest BCUT2D eigenvalue weighted by atomic mass is 16.5. The smallest absolute Gasteiger partial charge is 0.140 e. The van der Waals surface area contributed by atoms with Crippen molar-refractivity contribution in [2.24, 2.45) is 0 Å². The van der Waals surface area contributed by atoms with Gasteiger partial charge in [-0.05, 0) is 12.1 Å². The summed E-state index contributed by atoms with van der Waals surface area (Å²) in [5.74, 6) is 0.806. The van der Waals surface area contributed by atoms with Crippen molar-refractivity contribution in [1.82, 2.24) is 0 Å². The van der Waals surface area contributed by atoms with E-state index in [2.05, 4.69) is 6.07 Å². The number of nitriles is 1. The van der Waals surface area contributed by atoms with Crippen LogP contribution in [-0.4, -0.2) is 32.9 Å². The number of nitrogens with zero attached hydrogens (tertiary/aromatic N) is 2. The fourth-order valence-corrected chi connectivity index (χ4v) is 1.81. The van der Waals surface area contributed by atoms with Crippen LogP contribution in [0.25, 0.3) is 0 Å². The molecule has 0 saturated carbocycles. The molecule has 2 rings (SSSR count). The third-order valence-corrected chi connectivity index (χ3v) is 2.66. The molecule has 1 aliphatic heterocycles. The van der Waals surface area contributed by atoms with Gasteiger partial charge in [-0.25, -0.2) is 0 Å². The average Bonchev–Trinajstić information content (AvgIpc) is 2.38. The van der Waals surface area contributed by atoms with E-state index in [0.717, 1.165) is 18.0 Å². The quantitative estimate of drug-likeness (QED) is 0.753. The highest BCUT2D eigenvalue weighted by Gasteiger charge is 2.22. The van der Waals surface area contributed by atoms with Gasteiger partial charge in [0, 0.05) is 18.3 Å². The zero-order chi connectivity index (χ0) is 11.4. The molecule has 0 bridgehead atoms. The average molecular weight is 218 g/mol. The second-order valence-electron chi connectivity index (χ2n) is 3.61. The largest absolute Gasteiger partial charge is 0.497 e. The molecule has 1 aromatic carbocycles. The van der Waals surface area contributed by atoms with Crippen molar-refractivity contribution in [3.05, 3.63) is 24.3 Å². The molecule has 1 unspecified atom stereocenters. The summed E-state index contributed by atoms with van der Waals surface area (Å²) in [6, 6.07) is 9.79. The van der Waals surface area contributed by atoms with E-state index in [1.54, 1.807) is 7.11 Å². The lowest BCUT2D eigenvalue weighted by Gasteiger charge is -2.33. The van der Waals surface area contributed by atoms with Gasteiger partial charge < -0.3 is 14.4 Å². The zero-order valence-corrected chi connectivity index (χ0v) is 9.22. The van der Waals surface area contributed by atoms with Gasteiger partial charge in [0.05, 0.1) is 26.4 Å². The lowest BCUT2D eigenvalue weighted by atomic mass is 10.2. The maximum Gasteiger partial charge on any atom is 0.140 e. The number of ether oxygens (including phenoxy) is 2. The van der Waals surface area contributed by atoms with E-state index in [1.165, 1.54) is 0 Å². The van der Waals surface area contributed by atoms with E-state index in [1.807, 2.05) is 29.2 Å². The van der Waals surface area contributed by atoms with Crippen LogP contribution in [0.15, 0.2) is 24.3 Å². The van der Waals surface area contributed by atoms with Gasteiger partial charge in [0.2, 0.25) is 0 Å². The number of hydrogen-bond acceptors (Lipinski definition) is 4. The summed E-state index contributed by atoms with van der Waals surface area (Å²) in [5.41, 5.74) is 1.01. The number of methoxy groups -OCH3 is 1. The third-order valence-electron chi connectivity index (χ3n) is 2.66. The molecule has 1 atom stereocenters. The van der Waals surface area contributed by atoms with Crippen molar-refractivity contribution in [2.75, 3.05) is 31.8 Å². The predicted molar refractivity (Wildman–Crippen MR) is 60.6 cm³/mol. The molecule has 0 N–H and O–H groups in total. The fraction of sp³-hybridized carbons (Fsp3) is 0.417. The Morgan fingerprint density at radius 1 is 1.56 bits per heavy atom. The van der Waals surface area contributed by atoms with Crippen LogP contribution in [0.2, 0.25) is 0 Å². The molecule has 4 heteroatoms. The van der Waals surface area contributed by atoms with E-state index in [4.69, 9.17) is 14.7 Å². The Hall–Kier alpha value is -1.73. The summed E-state index contributed by atoms with van der Waals surface area (Å²) in [4.78, 5) is 2.05. The summed E-state index contributed by atoms with van der Waals surface area (Å²) in [6.45, 7) is 1.87. The van der Waals surface area contributed by atoms with Crippen molar-refractivity contribution >= 4 is 5.69 Å². The van der Waals surface area contributed by atoms with Gasteiger partial charge in [-0.2, -0.15) is 5.26 Å². The van der Waals surface area contributed by atoms with E-state index < -0.39 is 0 Å². The second kappa shape index (κ2) is 4.86. The monoisotopic (exact) mass is 218 g/mol. The van der Waals surface area contributed by atoms with Crippen molar-refractivity contribution < 1.29 is 9.47 Å². The van der Waals surface area contributed by atoms with Crippen LogP contribution in [0, 0.1) is 11.3 Å². The summed E-state index contributed by atoms with van der Waals surface area (Å²) in [6.07, 6.45) is 0. The van der Waals surface area contributed by atoms with E-state index in [0.29, 0.717) is 13.2 Å². The predicted octanol–water partition coefficient (Wildman–Crippen LogP) is 1.42. The number of rotatable bonds is 2. The first kappa shape index (κ1) is 10.8. The van der Waals surface area contributed by atoms with Gasteiger partial charge in [0.1, 0.15) is 11.8 Å². The maximum atomic E-state index is 9.05. The Morgan fingerprint density at radius 3 is 3.19 bits per heavy atom. The van der Waals surface area contributed by atoms with Crippen LogP contribution >= 0.6 is 0 Å². The fourth-order valence-electron chi connectivity index (χ4n) is 1.81. The number of benzene rings is 1. The third kappa shape index (κ3) is 2.10. The lowest BCUT2D eigenvalue weighted by Crippen LogP contribution is -2.44. The van der Waals surface area contributed by atoms with Crippen LogP contribution in [0.4, 0.5) is 5.69 Å². The van der Waals surface area contributed by atoms with Crippen LogP contribution in [0.1, 0.15) is 0 Å².